The molecule has 7 heterocycles. The first kappa shape index (κ1) is 53.4. The monoisotopic (exact) mass is 1040 g/mol. The van der Waals surface area contributed by atoms with Crippen molar-refractivity contribution < 1.29 is 34.0 Å². The molecule has 2 aliphatic rings. The zero-order chi connectivity index (χ0) is 53.1. The number of nitrogens with zero attached hydrogens (tertiary/aromatic N) is 12. The third-order valence-corrected chi connectivity index (χ3v) is 13.3. The van der Waals surface area contributed by atoms with Gasteiger partial charge in [0, 0.05) is 120 Å². The predicted octanol–water partition coefficient (Wildman–Crippen LogP) is 4.57. The molecule has 5 N–H and O–H groups in total. The Kier molecular flexibility index (Phi) is 17.5. The molecule has 7 aromatic rings. The van der Waals surface area contributed by atoms with Crippen molar-refractivity contribution in [2.75, 3.05) is 103 Å². The van der Waals surface area contributed by atoms with Crippen molar-refractivity contribution in [2.45, 2.75) is 63.4 Å². The van der Waals surface area contributed by atoms with Crippen LogP contribution in [0.1, 0.15) is 47.3 Å². The highest BCUT2D eigenvalue weighted by Gasteiger charge is 2.28. The maximum absolute atomic E-state index is 13.0. The quantitative estimate of drug-likeness (QED) is 0.0624. The first-order valence-corrected chi connectivity index (χ1v) is 25.6. The lowest BCUT2D eigenvalue weighted by Gasteiger charge is -2.35. The lowest BCUT2D eigenvalue weighted by atomic mass is 10.1. The van der Waals surface area contributed by atoms with E-state index < -0.39 is 12.2 Å². The summed E-state index contributed by atoms with van der Waals surface area (Å²) in [5, 5.41) is 34.6. The molecule has 5 aromatic heterocycles. The molecule has 2 fully saturated rings. The standard InChI is InChI=1S/C54H67N15O7/c1-34-25-58-54(63-47-24-48(67(6)38-13-17-73-18-14-38)64-51(62-47)36-10-8-12-43(22-36)76-33-41(71)28-56-3)61-46(34)31-68(39-15-19-74-20-16-39)49-23-45(37-26-57-52-44(53(72)66(4)5)29-59-69(52)30-37)60-50(65-49)35-9-7-11-42(21-35)75-32-40(70)27-55-2/h7-12,21-26,29-30,38-41,55-56,70-71H,13-20,27-28,31-33H2,1-6H3,(H,58,61,62,63,64). The highest BCUT2D eigenvalue weighted by Crippen LogP contribution is 2.33. The topological polar surface area (TPSA) is 248 Å². The molecule has 400 valence electrons. The molecule has 2 aliphatic heterocycles. The zero-order valence-electron chi connectivity index (χ0n) is 43.9. The van der Waals surface area contributed by atoms with Gasteiger partial charge >= 0.3 is 0 Å². The molecule has 0 aliphatic carbocycles. The van der Waals surface area contributed by atoms with Crippen LogP contribution in [0.3, 0.4) is 0 Å². The highest BCUT2D eigenvalue weighted by molar-refractivity contribution is 5.99. The van der Waals surface area contributed by atoms with Crippen LogP contribution in [0, 0.1) is 6.92 Å². The summed E-state index contributed by atoms with van der Waals surface area (Å²) in [6.07, 6.45) is 8.66. The van der Waals surface area contributed by atoms with Crippen molar-refractivity contribution in [3.8, 4) is 45.5 Å². The molecule has 76 heavy (non-hydrogen) atoms. The van der Waals surface area contributed by atoms with Gasteiger partial charge in [0.05, 0.1) is 24.1 Å². The van der Waals surface area contributed by atoms with Crippen molar-refractivity contribution in [1.29, 1.82) is 0 Å². The Bertz CT molecular complexity index is 3080. The van der Waals surface area contributed by atoms with Crippen LogP contribution in [0.2, 0.25) is 0 Å². The molecule has 2 aromatic carbocycles. The molecule has 2 atom stereocenters. The number of carbonyl (C=O) groups excluding carboxylic acids is 1. The van der Waals surface area contributed by atoms with Gasteiger partial charge in [-0.05, 0) is 76.5 Å². The van der Waals surface area contributed by atoms with Crippen LogP contribution in [0.15, 0.2) is 85.5 Å². The summed E-state index contributed by atoms with van der Waals surface area (Å²) in [7, 11) is 8.99. The number of hydrogen-bond acceptors (Lipinski definition) is 20. The van der Waals surface area contributed by atoms with E-state index in [9.17, 15) is 15.0 Å². The predicted molar refractivity (Wildman–Crippen MR) is 288 cm³/mol. The van der Waals surface area contributed by atoms with Crippen LogP contribution in [-0.2, 0) is 16.0 Å². The minimum absolute atomic E-state index is 0.00352. The van der Waals surface area contributed by atoms with Crippen molar-refractivity contribution in [3.05, 3.63) is 102 Å². The summed E-state index contributed by atoms with van der Waals surface area (Å²) < 4.78 is 25.2. The number of carbonyl (C=O) groups is 1. The van der Waals surface area contributed by atoms with Crippen LogP contribution in [0.5, 0.6) is 11.5 Å². The van der Waals surface area contributed by atoms with E-state index in [-0.39, 0.29) is 31.2 Å². The molecule has 0 saturated carbocycles. The fourth-order valence-electron chi connectivity index (χ4n) is 9.12. The Balaban J connectivity index is 1.08. The second-order valence-corrected chi connectivity index (χ2v) is 19.2. The second-order valence-electron chi connectivity index (χ2n) is 19.2. The summed E-state index contributed by atoms with van der Waals surface area (Å²) in [4.78, 5) is 54.1. The zero-order valence-corrected chi connectivity index (χ0v) is 43.9. The normalized spacial score (nSPS) is 15.1. The molecule has 22 nitrogen and oxygen atoms in total. The van der Waals surface area contributed by atoms with E-state index in [0.29, 0.717) is 115 Å². The summed E-state index contributed by atoms with van der Waals surface area (Å²) in [5.74, 6) is 4.04. The summed E-state index contributed by atoms with van der Waals surface area (Å²) in [5.41, 5.74) is 5.10. The second kappa shape index (κ2) is 24.9. The number of rotatable bonds is 22. The number of ether oxygens (including phenoxy) is 4. The third kappa shape index (κ3) is 13.1. The van der Waals surface area contributed by atoms with Crippen molar-refractivity contribution >= 4 is 35.0 Å². The van der Waals surface area contributed by atoms with E-state index >= 15 is 0 Å². The minimum Gasteiger partial charge on any atom is -0.491 e. The Morgan fingerprint density at radius 3 is 1.99 bits per heavy atom. The summed E-state index contributed by atoms with van der Waals surface area (Å²) >= 11 is 0. The van der Waals surface area contributed by atoms with Crippen LogP contribution in [0.25, 0.3) is 39.7 Å². The first-order valence-electron chi connectivity index (χ1n) is 25.6. The molecular formula is C54H67N15O7. The Labute approximate surface area is 441 Å². The number of anilines is 4. The molecule has 22 heteroatoms. The number of nitrogens with one attached hydrogen (secondary N) is 3. The number of amides is 1. The van der Waals surface area contributed by atoms with Gasteiger partial charge in [-0.3, -0.25) is 4.79 Å². The first-order chi connectivity index (χ1) is 36.9. The molecule has 0 spiro atoms. The van der Waals surface area contributed by atoms with Gasteiger partial charge in [0.2, 0.25) is 5.95 Å². The van der Waals surface area contributed by atoms with E-state index in [1.165, 1.54) is 11.1 Å². The highest BCUT2D eigenvalue weighted by atomic mass is 16.5. The number of aliphatic hydroxyl groups excluding tert-OH is 2. The molecule has 2 unspecified atom stereocenters. The molecule has 0 radical (unpaired) electrons. The van der Waals surface area contributed by atoms with E-state index in [2.05, 4.69) is 30.8 Å². The van der Waals surface area contributed by atoms with Crippen molar-refractivity contribution in [2.24, 2.45) is 0 Å². The average molecular weight is 1040 g/mol. The smallest absolute Gasteiger partial charge is 0.258 e. The number of hydrogen-bond donors (Lipinski definition) is 5. The van der Waals surface area contributed by atoms with E-state index in [1.807, 2.05) is 87.0 Å². The van der Waals surface area contributed by atoms with Gasteiger partial charge in [0.15, 0.2) is 17.3 Å². The fourth-order valence-corrected chi connectivity index (χ4v) is 9.12. The van der Waals surface area contributed by atoms with Gasteiger partial charge in [0.25, 0.3) is 5.91 Å². The van der Waals surface area contributed by atoms with Crippen molar-refractivity contribution in [1.82, 2.24) is 60.0 Å². The van der Waals surface area contributed by atoms with Crippen LogP contribution < -0.4 is 35.2 Å². The number of fused-ring (bicyclic) bond motifs is 1. The Morgan fingerprint density at radius 2 is 1.36 bits per heavy atom. The molecule has 0 bridgehead atoms. The number of aromatic nitrogens is 9. The Morgan fingerprint density at radius 1 is 0.737 bits per heavy atom. The Hall–Kier alpha value is -7.47. The molecule has 2 saturated heterocycles. The van der Waals surface area contributed by atoms with Gasteiger partial charge in [-0.2, -0.15) is 5.10 Å². The van der Waals surface area contributed by atoms with Crippen LogP contribution in [-0.4, -0.2) is 178 Å². The summed E-state index contributed by atoms with van der Waals surface area (Å²) in [6.45, 7) is 5.83. The maximum Gasteiger partial charge on any atom is 0.258 e. The van der Waals surface area contributed by atoms with Crippen molar-refractivity contribution in [3.63, 3.8) is 0 Å². The lowest BCUT2D eigenvalue weighted by molar-refractivity contribution is 0.0828. The van der Waals surface area contributed by atoms with Crippen LogP contribution >= 0.6 is 0 Å². The number of benzene rings is 2. The van der Waals surface area contributed by atoms with Crippen LogP contribution in [0.4, 0.5) is 23.4 Å². The largest absolute Gasteiger partial charge is 0.491 e. The lowest BCUT2D eigenvalue weighted by Crippen LogP contribution is -2.40. The van der Waals surface area contributed by atoms with E-state index in [1.54, 1.807) is 38.9 Å². The fraction of sp³-hybridized carbons (Fsp3) is 0.426. The SMILES string of the molecule is CNCC(O)COc1cccc(-c2nc(Nc3ncc(C)c(CN(c4cc(-c5cnc6c(C(=O)N(C)C)cnn6c5)nc(-c5cccc(OCC(O)CNC)c5)n4)C4CCOCC4)n3)cc(N(C)C3CCOCC3)n2)c1. The third-order valence-electron chi connectivity index (χ3n) is 13.3. The van der Waals surface area contributed by atoms with E-state index in [4.69, 9.17) is 53.8 Å². The van der Waals surface area contributed by atoms with E-state index in [0.717, 1.165) is 48.3 Å². The van der Waals surface area contributed by atoms with Gasteiger partial charge in [0.1, 0.15) is 59.9 Å². The maximum atomic E-state index is 13.0. The van der Waals surface area contributed by atoms with Gasteiger partial charge in [-0.15, -0.1) is 0 Å². The van der Waals surface area contributed by atoms with Gasteiger partial charge in [-0.1, -0.05) is 24.3 Å². The molecular weight excluding hydrogens is 971 g/mol. The molecule has 1 amide bonds. The minimum atomic E-state index is -0.703. The number of likely N-dealkylation sites (N-methyl/N-ethyl adjacent to an activating group) is 2. The van der Waals surface area contributed by atoms with Gasteiger partial charge < -0.3 is 59.8 Å². The number of aryl methyl sites for hydroxylation is 1. The summed E-state index contributed by atoms with van der Waals surface area (Å²) in [6, 6.07) is 19.1. The molecule has 9 rings (SSSR count). The van der Waals surface area contributed by atoms with Gasteiger partial charge in [-0.25, -0.2) is 39.4 Å². The number of aliphatic hydroxyl groups is 2. The average Bonchev–Trinajstić information content (AvgIpc) is 3.88.